The van der Waals surface area contributed by atoms with Gasteiger partial charge in [0.1, 0.15) is 12.3 Å². The van der Waals surface area contributed by atoms with E-state index in [0.29, 0.717) is 12.8 Å². The lowest BCUT2D eigenvalue weighted by molar-refractivity contribution is -0.135. The van der Waals surface area contributed by atoms with Crippen LogP contribution in [0.3, 0.4) is 0 Å². The molecular formula is C21H27N3O4. The maximum Gasteiger partial charge on any atom is 0.329 e. The number of hydrogen-bond donors (Lipinski definition) is 1. The number of amides is 2. The van der Waals surface area contributed by atoms with E-state index in [-0.39, 0.29) is 18.0 Å². The highest BCUT2D eigenvalue weighted by Gasteiger charge is 2.31. The number of fused-ring (bicyclic) bond motifs is 1. The molecule has 1 fully saturated rings. The molecule has 7 heteroatoms. The fraction of sp³-hybridized carbons (Fsp3) is 0.524. The van der Waals surface area contributed by atoms with Crippen LogP contribution >= 0.6 is 0 Å². The quantitative estimate of drug-likeness (QED) is 0.408. The van der Waals surface area contributed by atoms with Gasteiger partial charge in [-0.1, -0.05) is 31.4 Å². The van der Waals surface area contributed by atoms with Crippen LogP contribution in [-0.2, 0) is 27.9 Å². The number of carbonyl (C=O) groups is 3. The van der Waals surface area contributed by atoms with E-state index >= 15 is 0 Å². The highest BCUT2D eigenvalue weighted by Crippen LogP contribution is 2.25. The highest BCUT2D eigenvalue weighted by atomic mass is 16.2. The van der Waals surface area contributed by atoms with E-state index in [0.717, 1.165) is 61.4 Å². The van der Waals surface area contributed by atoms with Gasteiger partial charge in [-0.15, -0.1) is 0 Å². The van der Waals surface area contributed by atoms with Crippen LogP contribution < -0.4 is 11.0 Å². The molecule has 7 nitrogen and oxygen atoms in total. The molecule has 0 radical (unpaired) electrons. The largest absolute Gasteiger partial charge is 0.329 e. The minimum absolute atomic E-state index is 0.231. The van der Waals surface area contributed by atoms with Crippen LogP contribution in [-0.4, -0.2) is 27.2 Å². The molecule has 2 amide bonds. The normalized spacial score (nSPS) is 17.1. The smallest absolute Gasteiger partial charge is 0.303 e. The van der Waals surface area contributed by atoms with Gasteiger partial charge in [0.25, 0.3) is 0 Å². The highest BCUT2D eigenvalue weighted by molar-refractivity contribution is 6.00. The summed E-state index contributed by atoms with van der Waals surface area (Å²) in [6.45, 7) is 0. The molecule has 1 N–H and O–H groups in total. The van der Waals surface area contributed by atoms with Gasteiger partial charge >= 0.3 is 5.69 Å². The summed E-state index contributed by atoms with van der Waals surface area (Å²) in [4.78, 5) is 47.0. The number of carbonyl (C=O) groups excluding carboxylic acids is 3. The molecule has 1 aliphatic heterocycles. The lowest BCUT2D eigenvalue weighted by atomic mass is 10.0. The number of imidazole rings is 1. The van der Waals surface area contributed by atoms with Gasteiger partial charge in [0, 0.05) is 19.9 Å². The van der Waals surface area contributed by atoms with Gasteiger partial charge in [-0.05, 0) is 37.3 Å². The lowest BCUT2D eigenvalue weighted by Gasteiger charge is -2.21. The van der Waals surface area contributed by atoms with Crippen LogP contribution in [0.2, 0.25) is 0 Å². The predicted molar refractivity (Wildman–Crippen MR) is 106 cm³/mol. The third kappa shape index (κ3) is 4.08. The minimum atomic E-state index is -0.651. The van der Waals surface area contributed by atoms with Gasteiger partial charge in [-0.2, -0.15) is 0 Å². The van der Waals surface area contributed by atoms with Gasteiger partial charge < -0.3 is 4.79 Å². The second-order valence-electron chi connectivity index (χ2n) is 7.44. The zero-order valence-corrected chi connectivity index (χ0v) is 16.3. The van der Waals surface area contributed by atoms with Crippen molar-refractivity contribution in [1.82, 2.24) is 14.5 Å². The number of aryl methyl sites for hydroxylation is 2. The Morgan fingerprint density at radius 1 is 1.11 bits per heavy atom. The first-order chi connectivity index (χ1) is 13.5. The zero-order valence-electron chi connectivity index (χ0n) is 16.3. The molecule has 0 bridgehead atoms. The van der Waals surface area contributed by atoms with Gasteiger partial charge in [0.15, 0.2) is 0 Å². The van der Waals surface area contributed by atoms with Crippen molar-refractivity contribution in [1.29, 1.82) is 0 Å². The van der Waals surface area contributed by atoms with Crippen molar-refractivity contribution < 1.29 is 14.4 Å². The van der Waals surface area contributed by atoms with Crippen LogP contribution in [0.15, 0.2) is 23.0 Å². The van der Waals surface area contributed by atoms with E-state index in [1.807, 2.05) is 18.2 Å². The fourth-order valence-corrected chi connectivity index (χ4v) is 4.02. The second kappa shape index (κ2) is 8.99. The summed E-state index contributed by atoms with van der Waals surface area (Å²) >= 11 is 0. The Balaban J connectivity index is 1.79. The Morgan fingerprint density at radius 2 is 1.86 bits per heavy atom. The number of para-hydroxylation sites is 1. The van der Waals surface area contributed by atoms with E-state index in [4.69, 9.17) is 0 Å². The first kappa shape index (κ1) is 20.0. The summed E-state index contributed by atoms with van der Waals surface area (Å²) in [5.41, 5.74) is 2.46. The molecule has 1 aliphatic rings. The maximum absolute atomic E-state index is 12.9. The number of piperidine rings is 1. The van der Waals surface area contributed by atoms with Crippen LogP contribution in [0, 0.1) is 0 Å². The molecule has 1 atom stereocenters. The zero-order chi connectivity index (χ0) is 20.1. The number of nitrogens with one attached hydrogen (secondary N) is 1. The van der Waals surface area contributed by atoms with Crippen LogP contribution in [0.1, 0.15) is 63.0 Å². The molecule has 1 aromatic heterocycles. The first-order valence-electron chi connectivity index (χ1n) is 10.0. The third-order valence-electron chi connectivity index (χ3n) is 5.48. The second-order valence-corrected chi connectivity index (χ2v) is 7.44. The average molecular weight is 385 g/mol. The van der Waals surface area contributed by atoms with Crippen molar-refractivity contribution in [3.63, 3.8) is 0 Å². The van der Waals surface area contributed by atoms with Gasteiger partial charge in [0.2, 0.25) is 11.8 Å². The molecule has 0 aliphatic carbocycles. The molecule has 28 heavy (non-hydrogen) atoms. The maximum atomic E-state index is 12.9. The van der Waals surface area contributed by atoms with Crippen molar-refractivity contribution >= 4 is 29.1 Å². The number of aldehydes is 1. The first-order valence-corrected chi connectivity index (χ1v) is 10.0. The monoisotopic (exact) mass is 385 g/mol. The van der Waals surface area contributed by atoms with Crippen molar-refractivity contribution in [3.05, 3.63) is 34.2 Å². The summed E-state index contributed by atoms with van der Waals surface area (Å²) in [5.74, 6) is -0.699. The lowest BCUT2D eigenvalue weighted by Crippen LogP contribution is -2.44. The predicted octanol–water partition coefficient (Wildman–Crippen LogP) is 2.40. The number of imide groups is 1. The third-order valence-corrected chi connectivity index (χ3v) is 5.48. The van der Waals surface area contributed by atoms with Crippen molar-refractivity contribution in [2.24, 2.45) is 7.05 Å². The van der Waals surface area contributed by atoms with E-state index in [2.05, 4.69) is 5.32 Å². The number of unbranched alkanes of at least 4 members (excludes halogenated alkanes) is 5. The number of rotatable bonds is 9. The minimum Gasteiger partial charge on any atom is -0.303 e. The number of nitrogens with zero attached hydrogens (tertiary/aromatic N) is 2. The van der Waals surface area contributed by atoms with Crippen LogP contribution in [0.4, 0.5) is 0 Å². The Labute approximate surface area is 163 Å². The molecule has 1 aromatic carbocycles. The summed E-state index contributed by atoms with van der Waals surface area (Å²) in [6, 6.07) is 5.16. The molecule has 0 saturated carbocycles. The molecular weight excluding hydrogens is 358 g/mol. The Morgan fingerprint density at radius 3 is 2.61 bits per heavy atom. The van der Waals surface area contributed by atoms with Crippen LogP contribution in [0.25, 0.3) is 11.0 Å². The summed E-state index contributed by atoms with van der Waals surface area (Å²) in [6.07, 6.45) is 8.24. The topological polar surface area (TPSA) is 90.2 Å². The molecule has 1 unspecified atom stereocenters. The van der Waals surface area contributed by atoms with Crippen molar-refractivity contribution in [2.45, 2.75) is 63.8 Å². The molecule has 150 valence electrons. The number of benzene rings is 1. The van der Waals surface area contributed by atoms with E-state index < -0.39 is 11.9 Å². The summed E-state index contributed by atoms with van der Waals surface area (Å²) in [5, 5.41) is 2.34. The SMILES string of the molecule is Cn1c(=O)n(C2CCC(=O)NC2=O)c2cccc(CCCCCCCC=O)c21. The molecule has 2 aromatic rings. The molecule has 3 rings (SSSR count). The Hall–Kier alpha value is -2.70. The number of hydrogen-bond acceptors (Lipinski definition) is 4. The standard InChI is InChI=1S/C21H27N3O4/c1-23-19-15(9-6-4-2-3-5-7-14-25)10-8-11-16(19)24(21(23)28)17-12-13-18(26)22-20(17)27/h8,10-11,14,17H,2-7,9,12-13H2,1H3,(H,22,26,27). The summed E-state index contributed by atoms with van der Waals surface area (Å²) in [7, 11) is 1.73. The Kier molecular flexibility index (Phi) is 6.44. The van der Waals surface area contributed by atoms with Crippen molar-refractivity contribution in [2.75, 3.05) is 0 Å². The fourth-order valence-electron chi connectivity index (χ4n) is 4.02. The van der Waals surface area contributed by atoms with Crippen LogP contribution in [0.5, 0.6) is 0 Å². The van der Waals surface area contributed by atoms with Crippen molar-refractivity contribution in [3.8, 4) is 0 Å². The summed E-state index contributed by atoms with van der Waals surface area (Å²) < 4.78 is 3.14. The van der Waals surface area contributed by atoms with E-state index in [9.17, 15) is 19.2 Å². The molecule has 2 heterocycles. The Bertz CT molecular complexity index is 941. The van der Waals surface area contributed by atoms with Gasteiger partial charge in [-0.25, -0.2) is 4.79 Å². The van der Waals surface area contributed by atoms with E-state index in [1.54, 1.807) is 11.6 Å². The van der Waals surface area contributed by atoms with Gasteiger partial charge in [-0.3, -0.25) is 24.0 Å². The molecule has 0 spiro atoms. The molecule has 1 saturated heterocycles. The number of aromatic nitrogens is 2. The average Bonchev–Trinajstić information content (AvgIpc) is 2.93. The van der Waals surface area contributed by atoms with Gasteiger partial charge in [0.05, 0.1) is 11.0 Å². The van der Waals surface area contributed by atoms with E-state index in [1.165, 1.54) is 4.57 Å².